The van der Waals surface area contributed by atoms with Crippen LogP contribution in [0.5, 0.6) is 0 Å². The summed E-state index contributed by atoms with van der Waals surface area (Å²) in [6.45, 7) is 0. The molecule has 0 aliphatic rings. The van der Waals surface area contributed by atoms with Crippen molar-refractivity contribution in [3.8, 4) is 0 Å². The van der Waals surface area contributed by atoms with Gasteiger partial charge in [0.05, 0.1) is 0 Å². The van der Waals surface area contributed by atoms with Crippen LogP contribution in [0.3, 0.4) is 0 Å². The van der Waals surface area contributed by atoms with Gasteiger partial charge in [0.2, 0.25) is 0 Å². The van der Waals surface area contributed by atoms with Gasteiger partial charge in [0.15, 0.2) is 0 Å². The van der Waals surface area contributed by atoms with Crippen LogP contribution in [0, 0.1) is 17.4 Å². The van der Waals surface area contributed by atoms with E-state index >= 15 is 0 Å². The molecule has 21 heavy (non-hydrogen) atoms. The quantitative estimate of drug-likeness (QED) is 0.221. The number of hydrogen-bond donors (Lipinski definition) is 0. The number of rotatable bonds is 0. The van der Waals surface area contributed by atoms with Crippen LogP contribution >= 0.6 is 24.6 Å². The molecule has 0 fully saturated rings. The first-order valence-electron chi connectivity index (χ1n) is 4.48. The summed E-state index contributed by atoms with van der Waals surface area (Å²) in [5.41, 5.74) is 0. The summed E-state index contributed by atoms with van der Waals surface area (Å²) in [5.74, 6) is 15.3. The minimum absolute atomic E-state index is 0. The molecule has 0 saturated carbocycles. The first-order chi connectivity index (χ1) is 7.50. The van der Waals surface area contributed by atoms with Gasteiger partial charge < -0.3 is 37.2 Å². The third-order valence-electron chi connectivity index (χ3n) is 1.33. The van der Waals surface area contributed by atoms with Crippen LogP contribution in [0.25, 0.3) is 0 Å². The molecule has 0 N–H and O–H groups in total. The van der Waals surface area contributed by atoms with Crippen LogP contribution in [0.4, 0.5) is 0 Å². The topological polar surface area (TPSA) is 0 Å². The standard InChI is InChI=1S/3C4H4P.3ClH.3Zr/c3*1-2-4-5-3-1;;;;;;/h3*1-3,5H;3*1H;;;/q3*-1;;;;3*+2/p-3. The molecule has 9 heteroatoms. The molecule has 0 bridgehead atoms. The Morgan fingerprint density at radius 2 is 0.714 bits per heavy atom. The van der Waals surface area contributed by atoms with Crippen LogP contribution in [0.1, 0.15) is 0 Å². The van der Waals surface area contributed by atoms with Crippen molar-refractivity contribution in [3.63, 3.8) is 0 Å². The summed E-state index contributed by atoms with van der Waals surface area (Å²) in [5, 5.41) is 0. The van der Waals surface area contributed by atoms with Crippen molar-refractivity contribution < 1.29 is 116 Å². The minimum atomic E-state index is 0. The molecule has 3 heterocycles. The summed E-state index contributed by atoms with van der Waals surface area (Å²) >= 11 is 0. The van der Waals surface area contributed by atoms with E-state index in [0.717, 1.165) is 24.6 Å². The molecule has 108 valence electrons. The SMILES string of the molecule is [Cl-].[Cl-].[Cl-].[Zr+2].[Zr+2].[Zr+2].[c-]1ccc[pH]1.[c-]1ccc[pH]1.[c-]1ccc[pH]1. The predicted molar refractivity (Wildman–Crippen MR) is 74.3 cm³/mol. The number of hydrogen-bond acceptors (Lipinski definition) is 0. The Morgan fingerprint density at radius 3 is 0.762 bits per heavy atom. The molecule has 0 aliphatic carbocycles. The van der Waals surface area contributed by atoms with E-state index in [9.17, 15) is 0 Å². The van der Waals surface area contributed by atoms with Gasteiger partial charge in [0.25, 0.3) is 0 Å². The fourth-order valence-corrected chi connectivity index (χ4v) is 2.17. The van der Waals surface area contributed by atoms with Crippen molar-refractivity contribution in [2.75, 3.05) is 0 Å². The van der Waals surface area contributed by atoms with Crippen molar-refractivity contribution in [1.29, 1.82) is 0 Å². The first-order valence-corrected chi connectivity index (χ1v) is 7.71. The average Bonchev–Trinajstić information content (AvgIpc) is 3.09. The third-order valence-corrected chi connectivity index (χ3v) is 3.40. The maximum absolute atomic E-state index is 3.01. The summed E-state index contributed by atoms with van der Waals surface area (Å²) < 4.78 is 0. The molecule has 0 saturated heterocycles. The Labute approximate surface area is 208 Å². The van der Waals surface area contributed by atoms with Crippen LogP contribution in [-0.2, 0) is 78.6 Å². The zero-order valence-corrected chi connectivity index (χ0v) is 23.5. The van der Waals surface area contributed by atoms with Crippen molar-refractivity contribution in [2.45, 2.75) is 0 Å². The molecule has 0 radical (unpaired) electrons. The Hall–Kier alpha value is 2.86. The average molecular weight is 629 g/mol. The predicted octanol–water partition coefficient (Wildman–Crippen LogP) is -4.44. The Bertz CT molecular complexity index is 267. The summed E-state index contributed by atoms with van der Waals surface area (Å²) in [4.78, 5) is 0. The van der Waals surface area contributed by atoms with E-state index in [0.29, 0.717) is 0 Å². The van der Waals surface area contributed by atoms with Gasteiger partial charge in [0.1, 0.15) is 0 Å². The van der Waals surface area contributed by atoms with E-state index in [1.54, 1.807) is 0 Å². The van der Waals surface area contributed by atoms with E-state index in [4.69, 9.17) is 0 Å². The molecule has 3 atom stereocenters. The van der Waals surface area contributed by atoms with Gasteiger partial charge in [-0.2, -0.15) is 53.0 Å². The molecule has 3 unspecified atom stereocenters. The molecular formula is C12H12Cl3P3Zr3. The van der Waals surface area contributed by atoms with E-state index in [1.165, 1.54) is 0 Å². The molecular weight excluding hydrogens is 617 g/mol. The molecule has 3 rings (SSSR count). The molecule has 0 aliphatic heterocycles. The smallest absolute Gasteiger partial charge is 1.00 e. The van der Waals surface area contributed by atoms with E-state index in [2.05, 4.69) is 34.8 Å². The Kier molecular flexibility index (Phi) is 63.7. The Morgan fingerprint density at radius 1 is 0.476 bits per heavy atom. The monoisotopic (exact) mass is 624 g/mol. The molecule has 3 aromatic heterocycles. The van der Waals surface area contributed by atoms with Crippen molar-refractivity contribution >= 4 is 24.6 Å². The Balaban J connectivity index is -0.0000000352. The van der Waals surface area contributed by atoms with Gasteiger partial charge in [-0.1, -0.05) is 0 Å². The first kappa shape index (κ1) is 39.1. The van der Waals surface area contributed by atoms with Crippen molar-refractivity contribution in [1.82, 2.24) is 0 Å². The van der Waals surface area contributed by atoms with E-state index in [-0.39, 0.29) is 116 Å². The second-order valence-corrected chi connectivity index (χ2v) is 5.18. The minimum Gasteiger partial charge on any atom is -1.00 e. The van der Waals surface area contributed by atoms with Gasteiger partial charge in [-0.05, 0) is 0 Å². The fourth-order valence-electron chi connectivity index (χ4n) is 0.722. The van der Waals surface area contributed by atoms with Crippen LogP contribution in [-0.4, -0.2) is 0 Å². The number of halogens is 3. The maximum atomic E-state index is 3.01. The van der Waals surface area contributed by atoms with E-state index in [1.807, 2.05) is 36.4 Å². The molecule has 0 nitrogen and oxygen atoms in total. The van der Waals surface area contributed by atoms with Gasteiger partial charge >= 0.3 is 78.6 Å². The normalized spacial score (nSPS) is 6.86. The maximum Gasteiger partial charge on any atom is 2.00 e. The molecule has 3 aromatic rings. The zero-order valence-electron chi connectivity index (χ0n) is 10.8. The largest absolute Gasteiger partial charge is 2.00 e. The second kappa shape index (κ2) is 34.2. The fraction of sp³-hybridized carbons (Fsp3) is 0. The zero-order chi connectivity index (χ0) is 10.6. The van der Waals surface area contributed by atoms with E-state index < -0.39 is 0 Å². The van der Waals surface area contributed by atoms with Crippen molar-refractivity contribution in [2.24, 2.45) is 0 Å². The molecule has 0 spiro atoms. The molecule has 0 aromatic carbocycles. The van der Waals surface area contributed by atoms with Crippen molar-refractivity contribution in [3.05, 3.63) is 71.2 Å². The van der Waals surface area contributed by atoms with Gasteiger partial charge in [-0.15, -0.1) is 0 Å². The van der Waals surface area contributed by atoms with Crippen LogP contribution in [0.2, 0.25) is 0 Å². The third kappa shape index (κ3) is 31.2. The summed E-state index contributed by atoms with van der Waals surface area (Å²) in [7, 11) is 2.47. The summed E-state index contributed by atoms with van der Waals surface area (Å²) in [6.07, 6.45) is 0. The second-order valence-electron chi connectivity index (χ2n) is 2.44. The van der Waals surface area contributed by atoms with Crippen LogP contribution in [0.15, 0.2) is 53.8 Å². The van der Waals surface area contributed by atoms with Gasteiger partial charge in [-0.25, -0.2) is 18.2 Å². The van der Waals surface area contributed by atoms with Gasteiger partial charge in [0, 0.05) is 0 Å². The molecule has 0 amide bonds. The van der Waals surface area contributed by atoms with Gasteiger partial charge in [-0.3, -0.25) is 24.6 Å². The van der Waals surface area contributed by atoms with Crippen LogP contribution < -0.4 is 37.2 Å². The summed E-state index contributed by atoms with van der Waals surface area (Å²) in [6, 6.07) is 11.9.